The molecule has 11 heteroatoms. The number of piperidine rings is 1. The number of alkyl halides is 3. The van der Waals surface area contributed by atoms with E-state index in [0.717, 1.165) is 31.5 Å². The second-order valence-electron chi connectivity index (χ2n) is 7.66. The second kappa shape index (κ2) is 9.04. The summed E-state index contributed by atoms with van der Waals surface area (Å²) >= 11 is 0. The molecule has 2 saturated heterocycles. The molecule has 0 bridgehead atoms. The molecule has 0 aromatic carbocycles. The number of aliphatic carboxylic acids is 1. The summed E-state index contributed by atoms with van der Waals surface area (Å²) in [5.41, 5.74) is 1.16. The van der Waals surface area contributed by atoms with Gasteiger partial charge in [-0.1, -0.05) is 6.07 Å². The van der Waals surface area contributed by atoms with Crippen molar-refractivity contribution in [3.63, 3.8) is 0 Å². The van der Waals surface area contributed by atoms with Crippen LogP contribution in [0.15, 0.2) is 36.9 Å². The number of pyridine rings is 1. The van der Waals surface area contributed by atoms with Crippen molar-refractivity contribution < 1.29 is 32.6 Å². The number of aryl methyl sites for hydroxylation is 1. The van der Waals surface area contributed by atoms with Gasteiger partial charge in [0.2, 0.25) is 0 Å². The lowest BCUT2D eigenvalue weighted by atomic mass is 9.88. The predicted octanol–water partition coefficient (Wildman–Crippen LogP) is 2.86. The van der Waals surface area contributed by atoms with Crippen LogP contribution in [0.5, 0.6) is 0 Å². The molecule has 4 heterocycles. The SMILES string of the molecule is Cc1cccc(C(=O)N2CCCC3(CC(n4ccnc4)CO3)C2)n1.O=C(O)C(F)(F)F. The number of ether oxygens (including phenoxy) is 1. The number of nitrogens with zero attached hydrogens (tertiary/aromatic N) is 4. The monoisotopic (exact) mass is 440 g/mol. The van der Waals surface area contributed by atoms with Crippen LogP contribution in [0.25, 0.3) is 0 Å². The number of likely N-dealkylation sites (tertiary alicyclic amines) is 1. The normalized spacial score (nSPS) is 23.4. The lowest BCUT2D eigenvalue weighted by Crippen LogP contribution is -2.50. The number of aromatic nitrogens is 3. The molecule has 168 valence electrons. The maximum Gasteiger partial charge on any atom is 0.490 e. The fourth-order valence-electron chi connectivity index (χ4n) is 3.88. The van der Waals surface area contributed by atoms with Gasteiger partial charge in [0.25, 0.3) is 5.91 Å². The Morgan fingerprint density at radius 2 is 2.06 bits per heavy atom. The van der Waals surface area contributed by atoms with Gasteiger partial charge in [0.1, 0.15) is 5.69 Å². The fourth-order valence-corrected chi connectivity index (χ4v) is 3.88. The third kappa shape index (κ3) is 5.60. The topological polar surface area (TPSA) is 97.5 Å². The summed E-state index contributed by atoms with van der Waals surface area (Å²) in [5, 5.41) is 7.12. The molecule has 2 unspecified atom stereocenters. The van der Waals surface area contributed by atoms with Crippen LogP contribution in [0.4, 0.5) is 13.2 Å². The van der Waals surface area contributed by atoms with Gasteiger partial charge >= 0.3 is 12.1 Å². The lowest BCUT2D eigenvalue weighted by molar-refractivity contribution is -0.192. The van der Waals surface area contributed by atoms with Crippen LogP contribution in [-0.4, -0.2) is 67.9 Å². The van der Waals surface area contributed by atoms with E-state index in [4.69, 9.17) is 14.6 Å². The van der Waals surface area contributed by atoms with Crippen LogP contribution >= 0.6 is 0 Å². The number of hydrogen-bond donors (Lipinski definition) is 1. The zero-order valence-electron chi connectivity index (χ0n) is 16.9. The van der Waals surface area contributed by atoms with E-state index >= 15 is 0 Å². The molecule has 1 N–H and O–H groups in total. The number of carbonyl (C=O) groups excluding carboxylic acids is 1. The molecule has 2 aliphatic heterocycles. The van der Waals surface area contributed by atoms with Crippen molar-refractivity contribution in [3.05, 3.63) is 48.3 Å². The van der Waals surface area contributed by atoms with Crippen molar-refractivity contribution in [2.24, 2.45) is 0 Å². The highest BCUT2D eigenvalue weighted by Gasteiger charge is 2.45. The number of hydrogen-bond acceptors (Lipinski definition) is 5. The van der Waals surface area contributed by atoms with E-state index in [1.54, 1.807) is 12.3 Å². The van der Waals surface area contributed by atoms with Crippen molar-refractivity contribution in [1.29, 1.82) is 0 Å². The second-order valence-corrected chi connectivity index (χ2v) is 7.66. The van der Waals surface area contributed by atoms with Gasteiger partial charge in [-0.05, 0) is 31.9 Å². The first-order chi connectivity index (χ1) is 14.6. The molecule has 2 aliphatic rings. The maximum absolute atomic E-state index is 12.8. The highest BCUT2D eigenvalue weighted by atomic mass is 19.4. The fraction of sp³-hybridized carbons (Fsp3) is 0.500. The smallest absolute Gasteiger partial charge is 0.475 e. The van der Waals surface area contributed by atoms with Crippen molar-refractivity contribution in [2.45, 2.75) is 44.0 Å². The van der Waals surface area contributed by atoms with Crippen molar-refractivity contribution in [3.8, 4) is 0 Å². The Morgan fingerprint density at radius 3 is 2.68 bits per heavy atom. The van der Waals surface area contributed by atoms with E-state index in [1.165, 1.54) is 0 Å². The molecule has 1 spiro atoms. The average Bonchev–Trinajstić information content (AvgIpc) is 3.38. The van der Waals surface area contributed by atoms with Crippen LogP contribution in [0, 0.1) is 6.92 Å². The van der Waals surface area contributed by atoms with Crippen LogP contribution in [-0.2, 0) is 9.53 Å². The van der Waals surface area contributed by atoms with Gasteiger partial charge in [0.15, 0.2) is 0 Å². The van der Waals surface area contributed by atoms with E-state index in [9.17, 15) is 18.0 Å². The number of carboxylic acid groups (broad SMARTS) is 1. The minimum atomic E-state index is -5.08. The van der Waals surface area contributed by atoms with Gasteiger partial charge in [-0.3, -0.25) is 4.79 Å². The van der Waals surface area contributed by atoms with E-state index in [0.29, 0.717) is 24.9 Å². The molecular formula is C20H23F3N4O4. The van der Waals surface area contributed by atoms with Gasteiger partial charge in [-0.25, -0.2) is 14.8 Å². The maximum atomic E-state index is 12.8. The van der Waals surface area contributed by atoms with E-state index in [-0.39, 0.29) is 11.5 Å². The summed E-state index contributed by atoms with van der Waals surface area (Å²) < 4.78 is 40.0. The summed E-state index contributed by atoms with van der Waals surface area (Å²) in [6, 6.07) is 5.89. The van der Waals surface area contributed by atoms with Gasteiger partial charge in [0, 0.05) is 31.1 Å². The van der Waals surface area contributed by atoms with Crippen molar-refractivity contribution >= 4 is 11.9 Å². The van der Waals surface area contributed by atoms with E-state index < -0.39 is 12.1 Å². The summed E-state index contributed by atoms with van der Waals surface area (Å²) in [6.07, 6.45) is 3.43. The van der Waals surface area contributed by atoms with Crippen LogP contribution in [0.2, 0.25) is 0 Å². The zero-order valence-corrected chi connectivity index (χ0v) is 16.9. The molecule has 4 rings (SSSR count). The molecule has 8 nitrogen and oxygen atoms in total. The molecule has 0 radical (unpaired) electrons. The minimum absolute atomic E-state index is 0.00690. The van der Waals surface area contributed by atoms with Crippen molar-refractivity contribution in [2.75, 3.05) is 19.7 Å². The van der Waals surface area contributed by atoms with Crippen LogP contribution < -0.4 is 0 Å². The zero-order chi connectivity index (χ0) is 22.6. The lowest BCUT2D eigenvalue weighted by Gasteiger charge is -2.39. The Hall–Kier alpha value is -2.95. The minimum Gasteiger partial charge on any atom is -0.475 e. The molecule has 0 saturated carbocycles. The Balaban J connectivity index is 0.000000339. The number of halogens is 3. The molecule has 2 fully saturated rings. The predicted molar refractivity (Wildman–Crippen MR) is 102 cm³/mol. The van der Waals surface area contributed by atoms with E-state index in [1.807, 2.05) is 36.5 Å². The Bertz CT molecular complexity index is 919. The van der Waals surface area contributed by atoms with Gasteiger partial charge < -0.3 is 19.3 Å². The molecular weight excluding hydrogens is 417 g/mol. The van der Waals surface area contributed by atoms with Gasteiger partial charge in [0.05, 0.1) is 31.1 Å². The summed E-state index contributed by atoms with van der Waals surface area (Å²) in [5.74, 6) is -2.75. The van der Waals surface area contributed by atoms with Crippen molar-refractivity contribution in [1.82, 2.24) is 19.4 Å². The number of carboxylic acids is 1. The number of amides is 1. The third-order valence-electron chi connectivity index (χ3n) is 5.31. The largest absolute Gasteiger partial charge is 0.490 e. The van der Waals surface area contributed by atoms with Gasteiger partial charge in [-0.2, -0.15) is 13.2 Å². The Labute approximate surface area is 176 Å². The molecule has 2 atom stereocenters. The Morgan fingerprint density at radius 1 is 1.32 bits per heavy atom. The highest BCUT2D eigenvalue weighted by Crippen LogP contribution is 2.39. The first kappa shape index (κ1) is 22.7. The third-order valence-corrected chi connectivity index (χ3v) is 5.31. The molecule has 31 heavy (non-hydrogen) atoms. The number of rotatable bonds is 2. The van der Waals surface area contributed by atoms with Gasteiger partial charge in [-0.15, -0.1) is 0 Å². The van der Waals surface area contributed by atoms with E-state index in [2.05, 4.69) is 14.5 Å². The van der Waals surface area contributed by atoms with Crippen LogP contribution in [0.3, 0.4) is 0 Å². The summed E-state index contributed by atoms with van der Waals surface area (Å²) in [6.45, 7) is 4.01. The number of imidazole rings is 1. The molecule has 1 amide bonds. The first-order valence-corrected chi connectivity index (χ1v) is 9.74. The first-order valence-electron chi connectivity index (χ1n) is 9.74. The molecule has 2 aromatic heterocycles. The quantitative estimate of drug-likeness (QED) is 0.771. The average molecular weight is 440 g/mol. The molecule has 2 aromatic rings. The standard InChI is InChI=1S/C18H22N4O2.C2HF3O2/c1-14-4-2-5-16(20-14)17(23)21-8-3-6-18(12-21)10-15(11-24-18)22-9-7-19-13-22;3-2(4,5)1(6)7/h2,4-5,7,9,13,15H,3,6,8,10-12H2,1H3;(H,6,7). The summed E-state index contributed by atoms with van der Waals surface area (Å²) in [7, 11) is 0. The Kier molecular flexibility index (Phi) is 6.63. The summed E-state index contributed by atoms with van der Waals surface area (Å²) in [4.78, 5) is 32.1. The highest BCUT2D eigenvalue weighted by molar-refractivity contribution is 5.92. The van der Waals surface area contributed by atoms with Crippen LogP contribution in [0.1, 0.15) is 41.5 Å². The molecule has 0 aliphatic carbocycles. The number of carbonyl (C=O) groups is 2.